The van der Waals surface area contributed by atoms with Gasteiger partial charge in [-0.25, -0.2) is 0 Å². The fourth-order valence-corrected chi connectivity index (χ4v) is 1.87. The fraction of sp³-hybridized carbons (Fsp3) is 0.500. The van der Waals surface area contributed by atoms with Gasteiger partial charge in [0.05, 0.1) is 0 Å². The number of rotatable bonds is 7. The van der Waals surface area contributed by atoms with E-state index < -0.39 is 0 Å². The first-order valence-corrected chi connectivity index (χ1v) is 6.21. The summed E-state index contributed by atoms with van der Waals surface area (Å²) in [6, 6.07) is 4.88. The van der Waals surface area contributed by atoms with E-state index in [9.17, 15) is 0 Å². The second-order valence-corrected chi connectivity index (χ2v) is 4.93. The van der Waals surface area contributed by atoms with Crippen LogP contribution in [-0.4, -0.2) is 36.1 Å². The smallest absolute Gasteiger partial charge is 0.0271 e. The zero-order valence-corrected chi connectivity index (χ0v) is 10.5. The van der Waals surface area contributed by atoms with E-state index in [-0.39, 0.29) is 0 Å². The number of nitrogens with zero attached hydrogens (tertiary/aromatic N) is 2. The van der Waals surface area contributed by atoms with Crippen LogP contribution >= 0.6 is 0 Å². The lowest BCUT2D eigenvalue weighted by Crippen LogP contribution is -2.26. The van der Waals surface area contributed by atoms with Crippen molar-refractivity contribution in [2.75, 3.05) is 20.1 Å². The van der Waals surface area contributed by atoms with Crippen LogP contribution in [0.3, 0.4) is 0 Å². The van der Waals surface area contributed by atoms with Crippen molar-refractivity contribution in [1.29, 1.82) is 0 Å². The van der Waals surface area contributed by atoms with Crippen LogP contribution in [0, 0.1) is 0 Å². The first-order chi connectivity index (χ1) is 8.24. The molecule has 3 heteroatoms. The van der Waals surface area contributed by atoms with Gasteiger partial charge in [0.1, 0.15) is 0 Å². The van der Waals surface area contributed by atoms with Gasteiger partial charge in [-0.2, -0.15) is 0 Å². The van der Waals surface area contributed by atoms with Gasteiger partial charge in [0.25, 0.3) is 0 Å². The van der Waals surface area contributed by atoms with Gasteiger partial charge in [0.2, 0.25) is 0 Å². The summed E-state index contributed by atoms with van der Waals surface area (Å²) in [7, 11) is 2.13. The third-order valence-corrected chi connectivity index (χ3v) is 2.91. The Morgan fingerprint density at radius 3 is 2.82 bits per heavy atom. The van der Waals surface area contributed by atoms with Gasteiger partial charge in [-0.3, -0.25) is 9.88 Å². The zero-order valence-electron chi connectivity index (χ0n) is 10.5. The Labute approximate surface area is 104 Å². The molecule has 1 N–H and O–H groups in total. The predicted molar refractivity (Wildman–Crippen MR) is 70.7 cm³/mol. The highest BCUT2D eigenvalue weighted by Crippen LogP contribution is 2.18. The van der Waals surface area contributed by atoms with Crippen molar-refractivity contribution in [3.05, 3.63) is 42.2 Å². The number of nitrogens with one attached hydrogen (secondary N) is 1. The van der Waals surface area contributed by atoms with E-state index in [1.54, 1.807) is 0 Å². The van der Waals surface area contributed by atoms with Gasteiger partial charge < -0.3 is 5.32 Å². The lowest BCUT2D eigenvalue weighted by atomic mass is 10.2. The minimum Gasteiger partial charge on any atom is -0.310 e. The van der Waals surface area contributed by atoms with Gasteiger partial charge in [0.15, 0.2) is 0 Å². The van der Waals surface area contributed by atoms with Crippen molar-refractivity contribution in [2.24, 2.45) is 0 Å². The molecule has 17 heavy (non-hydrogen) atoms. The Hall–Kier alpha value is -1.19. The molecule has 0 radical (unpaired) electrons. The van der Waals surface area contributed by atoms with Gasteiger partial charge in [-0.15, -0.1) is 0 Å². The molecule has 0 unspecified atom stereocenters. The molecule has 0 bridgehead atoms. The topological polar surface area (TPSA) is 28.2 Å². The summed E-state index contributed by atoms with van der Waals surface area (Å²) >= 11 is 0. The average Bonchev–Trinajstić information content (AvgIpc) is 3.11. The fourth-order valence-electron chi connectivity index (χ4n) is 1.87. The van der Waals surface area contributed by atoms with Gasteiger partial charge in [0, 0.05) is 38.1 Å². The highest BCUT2D eigenvalue weighted by molar-refractivity contribution is 5.10. The van der Waals surface area contributed by atoms with Crippen LogP contribution < -0.4 is 5.32 Å². The average molecular weight is 231 g/mol. The van der Waals surface area contributed by atoms with E-state index in [1.807, 2.05) is 12.4 Å². The van der Waals surface area contributed by atoms with Crippen LogP contribution in [0.1, 0.15) is 18.4 Å². The summed E-state index contributed by atoms with van der Waals surface area (Å²) < 4.78 is 0. The van der Waals surface area contributed by atoms with Crippen LogP contribution in [0.4, 0.5) is 0 Å². The van der Waals surface area contributed by atoms with Crippen molar-refractivity contribution in [3.63, 3.8) is 0 Å². The van der Waals surface area contributed by atoms with Crippen molar-refractivity contribution < 1.29 is 0 Å². The van der Waals surface area contributed by atoms with Crippen LogP contribution in [-0.2, 0) is 6.54 Å². The minimum absolute atomic E-state index is 0.761. The molecule has 0 spiro atoms. The van der Waals surface area contributed by atoms with Crippen molar-refractivity contribution in [3.8, 4) is 0 Å². The van der Waals surface area contributed by atoms with Crippen molar-refractivity contribution >= 4 is 0 Å². The van der Waals surface area contributed by atoms with Gasteiger partial charge >= 0.3 is 0 Å². The molecule has 1 fully saturated rings. The monoisotopic (exact) mass is 231 g/mol. The second kappa shape index (κ2) is 5.94. The highest BCUT2D eigenvalue weighted by atomic mass is 15.1. The quantitative estimate of drug-likeness (QED) is 0.726. The minimum atomic E-state index is 0.761. The van der Waals surface area contributed by atoms with E-state index >= 15 is 0 Å². The molecule has 1 heterocycles. The van der Waals surface area contributed by atoms with Crippen LogP contribution in [0.5, 0.6) is 0 Å². The molecule has 1 aromatic heterocycles. The summed E-state index contributed by atoms with van der Waals surface area (Å²) in [6.07, 6.45) is 6.35. The Morgan fingerprint density at radius 2 is 2.18 bits per heavy atom. The van der Waals surface area contributed by atoms with Crippen LogP contribution in [0.2, 0.25) is 0 Å². The van der Waals surface area contributed by atoms with E-state index in [4.69, 9.17) is 0 Å². The largest absolute Gasteiger partial charge is 0.310 e. The number of pyridine rings is 1. The SMILES string of the molecule is C=C(CNC1CC1)CN(C)Cc1ccncc1. The molecule has 92 valence electrons. The van der Waals surface area contributed by atoms with E-state index in [1.165, 1.54) is 24.0 Å². The molecule has 1 aromatic rings. The maximum absolute atomic E-state index is 4.12. The number of aromatic nitrogens is 1. The maximum Gasteiger partial charge on any atom is 0.0271 e. The number of likely N-dealkylation sites (N-methyl/N-ethyl adjacent to an activating group) is 1. The Balaban J connectivity index is 1.68. The molecular formula is C14H21N3. The summed E-state index contributed by atoms with van der Waals surface area (Å²) in [5, 5.41) is 3.49. The Kier molecular flexibility index (Phi) is 4.29. The third-order valence-electron chi connectivity index (χ3n) is 2.91. The van der Waals surface area contributed by atoms with E-state index in [0.29, 0.717) is 0 Å². The van der Waals surface area contributed by atoms with Crippen LogP contribution in [0.15, 0.2) is 36.7 Å². The zero-order chi connectivity index (χ0) is 12.1. The molecule has 1 saturated carbocycles. The molecule has 0 saturated heterocycles. The molecule has 1 aliphatic carbocycles. The van der Waals surface area contributed by atoms with Crippen LogP contribution in [0.25, 0.3) is 0 Å². The number of hydrogen-bond donors (Lipinski definition) is 1. The summed E-state index contributed by atoms with van der Waals surface area (Å²) in [4.78, 5) is 6.31. The van der Waals surface area contributed by atoms with Gasteiger partial charge in [-0.1, -0.05) is 6.58 Å². The molecule has 3 nitrogen and oxygen atoms in total. The maximum atomic E-state index is 4.12. The number of hydrogen-bond acceptors (Lipinski definition) is 3. The lowest BCUT2D eigenvalue weighted by molar-refractivity contribution is 0.352. The summed E-state index contributed by atoms with van der Waals surface area (Å²) in [5.74, 6) is 0. The Morgan fingerprint density at radius 1 is 1.47 bits per heavy atom. The standard InChI is InChI=1S/C14H21N3/c1-12(9-16-14-3-4-14)10-17(2)11-13-5-7-15-8-6-13/h5-8,14,16H,1,3-4,9-11H2,2H3. The highest BCUT2D eigenvalue weighted by Gasteiger charge is 2.20. The summed E-state index contributed by atoms with van der Waals surface area (Å²) in [6.45, 7) is 6.97. The summed E-state index contributed by atoms with van der Waals surface area (Å²) in [5.41, 5.74) is 2.55. The molecule has 2 rings (SSSR count). The predicted octanol–water partition coefficient (Wildman–Crippen LogP) is 1.82. The second-order valence-electron chi connectivity index (χ2n) is 4.93. The van der Waals surface area contributed by atoms with E-state index in [2.05, 4.69) is 41.0 Å². The third kappa shape index (κ3) is 4.67. The van der Waals surface area contributed by atoms with Crippen molar-refractivity contribution in [1.82, 2.24) is 15.2 Å². The molecule has 1 aliphatic rings. The molecule has 0 amide bonds. The first kappa shape index (κ1) is 12.3. The normalized spacial score (nSPS) is 15.2. The first-order valence-electron chi connectivity index (χ1n) is 6.21. The van der Waals surface area contributed by atoms with E-state index in [0.717, 1.165) is 25.7 Å². The lowest BCUT2D eigenvalue weighted by Gasteiger charge is -2.18. The molecule has 0 aliphatic heterocycles. The van der Waals surface area contributed by atoms with Gasteiger partial charge in [-0.05, 0) is 43.2 Å². The molecule has 0 aromatic carbocycles. The molecule has 0 atom stereocenters. The molecular weight excluding hydrogens is 210 g/mol. The Bertz CT molecular complexity index is 357. The van der Waals surface area contributed by atoms with Crippen molar-refractivity contribution in [2.45, 2.75) is 25.4 Å².